The number of likely N-dealkylation sites (N-methyl/N-ethyl adjacent to an activating group) is 1. The second kappa shape index (κ2) is 7.28. The molecule has 3 rings (SSSR count). The van der Waals surface area contributed by atoms with Crippen LogP contribution in [0, 0.1) is 11.3 Å². The molecule has 128 valence electrons. The van der Waals surface area contributed by atoms with Crippen LogP contribution in [-0.2, 0) is 4.74 Å². The van der Waals surface area contributed by atoms with Crippen LogP contribution in [0.2, 0.25) is 0 Å². The third-order valence-corrected chi connectivity index (χ3v) is 4.35. The smallest absolute Gasteiger partial charge is 0.356 e. The van der Waals surface area contributed by atoms with E-state index in [1.807, 2.05) is 24.3 Å². The number of carbonyl (C=O) groups excluding carboxylic acids is 1. The Hall–Kier alpha value is -2.98. The molecular formula is C18H19N5O2. The van der Waals surface area contributed by atoms with Crippen LogP contribution in [-0.4, -0.2) is 54.6 Å². The van der Waals surface area contributed by atoms with Gasteiger partial charge in [-0.2, -0.15) is 5.26 Å². The summed E-state index contributed by atoms with van der Waals surface area (Å²) in [5.74, 6) is 0.213. The highest BCUT2D eigenvalue weighted by Gasteiger charge is 2.28. The average Bonchev–Trinajstić information content (AvgIpc) is 2.67. The van der Waals surface area contributed by atoms with Crippen molar-refractivity contribution < 1.29 is 9.53 Å². The molecule has 0 saturated carbocycles. The van der Waals surface area contributed by atoms with E-state index >= 15 is 0 Å². The number of piperazine rings is 1. The van der Waals surface area contributed by atoms with E-state index in [2.05, 4.69) is 32.9 Å². The third kappa shape index (κ3) is 3.59. The summed E-state index contributed by atoms with van der Waals surface area (Å²) in [6.45, 7) is 2.49. The van der Waals surface area contributed by atoms with Crippen LogP contribution >= 0.6 is 0 Å². The van der Waals surface area contributed by atoms with E-state index in [-0.39, 0.29) is 11.7 Å². The first-order chi connectivity index (χ1) is 12.1. The fraction of sp³-hybridized carbons (Fsp3) is 0.333. The van der Waals surface area contributed by atoms with E-state index in [1.54, 1.807) is 6.07 Å². The summed E-state index contributed by atoms with van der Waals surface area (Å²) in [5.41, 5.74) is 1.98. The van der Waals surface area contributed by atoms with E-state index in [9.17, 15) is 4.79 Å². The highest BCUT2D eigenvalue weighted by molar-refractivity contribution is 5.87. The van der Waals surface area contributed by atoms with Crippen molar-refractivity contribution >= 4 is 11.8 Å². The molecule has 1 fully saturated rings. The van der Waals surface area contributed by atoms with Gasteiger partial charge in [0.15, 0.2) is 5.69 Å². The minimum atomic E-state index is -0.479. The Balaban J connectivity index is 1.94. The molecule has 7 nitrogen and oxygen atoms in total. The number of methoxy groups -OCH3 is 1. The number of esters is 1. The molecule has 1 aromatic heterocycles. The molecule has 0 N–H and O–H groups in total. The molecule has 2 aromatic rings. The van der Waals surface area contributed by atoms with Gasteiger partial charge in [-0.3, -0.25) is 0 Å². The van der Waals surface area contributed by atoms with Crippen LogP contribution in [0.5, 0.6) is 0 Å². The fourth-order valence-electron chi connectivity index (χ4n) is 2.98. The Morgan fingerprint density at radius 1 is 1.28 bits per heavy atom. The molecular weight excluding hydrogens is 318 g/mol. The molecule has 0 amide bonds. The van der Waals surface area contributed by atoms with Gasteiger partial charge >= 0.3 is 5.97 Å². The maximum Gasteiger partial charge on any atom is 0.356 e. The number of carbonyl (C=O) groups is 1. The second-order valence-electron chi connectivity index (χ2n) is 5.96. The van der Waals surface area contributed by atoms with Crippen LogP contribution in [0.3, 0.4) is 0 Å². The van der Waals surface area contributed by atoms with Crippen molar-refractivity contribution in [2.75, 3.05) is 38.7 Å². The summed E-state index contributed by atoms with van der Waals surface area (Å²) < 4.78 is 4.75. The molecule has 1 unspecified atom stereocenters. The zero-order valence-electron chi connectivity index (χ0n) is 14.2. The summed E-state index contributed by atoms with van der Waals surface area (Å²) in [4.78, 5) is 24.5. The van der Waals surface area contributed by atoms with Crippen LogP contribution in [0.1, 0.15) is 27.7 Å². The number of aromatic nitrogens is 2. The molecule has 0 spiro atoms. The molecule has 1 atom stereocenters. The van der Waals surface area contributed by atoms with Gasteiger partial charge in [-0.05, 0) is 24.7 Å². The monoisotopic (exact) mass is 337 g/mol. The molecule has 25 heavy (non-hydrogen) atoms. The van der Waals surface area contributed by atoms with Gasteiger partial charge < -0.3 is 14.5 Å². The number of nitriles is 1. The van der Waals surface area contributed by atoms with Gasteiger partial charge in [-0.25, -0.2) is 14.8 Å². The maximum absolute atomic E-state index is 11.8. The van der Waals surface area contributed by atoms with Gasteiger partial charge in [0.25, 0.3) is 0 Å². The number of ether oxygens (including phenoxy) is 1. The Kier molecular flexibility index (Phi) is 4.91. The van der Waals surface area contributed by atoms with Crippen LogP contribution in [0.25, 0.3) is 0 Å². The predicted molar refractivity (Wildman–Crippen MR) is 92.1 cm³/mol. The minimum Gasteiger partial charge on any atom is -0.464 e. The van der Waals surface area contributed by atoms with Gasteiger partial charge in [0.2, 0.25) is 0 Å². The molecule has 0 bridgehead atoms. The lowest BCUT2D eigenvalue weighted by Crippen LogP contribution is -2.47. The lowest BCUT2D eigenvalue weighted by Gasteiger charge is -2.41. The number of rotatable bonds is 3. The standard InChI is InChI=1S/C18H19N5O2/c1-22-7-8-23(17-9-15(18(24)25-2)20-12-21-17)16(11-22)14-5-3-13(10-19)4-6-14/h3-6,9,12,16H,7-8,11H2,1-2H3. The number of nitrogens with zero attached hydrogens (tertiary/aromatic N) is 5. The van der Waals surface area contributed by atoms with Gasteiger partial charge in [0, 0.05) is 25.7 Å². The third-order valence-electron chi connectivity index (χ3n) is 4.35. The van der Waals surface area contributed by atoms with E-state index < -0.39 is 5.97 Å². The topological polar surface area (TPSA) is 82.4 Å². The summed E-state index contributed by atoms with van der Waals surface area (Å²) in [6.07, 6.45) is 1.38. The molecule has 1 aromatic carbocycles. The number of hydrogen-bond donors (Lipinski definition) is 0. The van der Waals surface area contributed by atoms with E-state index in [0.29, 0.717) is 11.4 Å². The molecule has 0 radical (unpaired) electrons. The van der Waals surface area contributed by atoms with E-state index in [4.69, 9.17) is 10.00 Å². The van der Waals surface area contributed by atoms with Crippen molar-refractivity contribution in [3.05, 3.63) is 53.5 Å². The first-order valence-electron chi connectivity index (χ1n) is 7.98. The average molecular weight is 337 g/mol. The lowest BCUT2D eigenvalue weighted by molar-refractivity contribution is 0.0594. The molecule has 1 saturated heterocycles. The Morgan fingerprint density at radius 3 is 2.72 bits per heavy atom. The second-order valence-corrected chi connectivity index (χ2v) is 5.96. The summed E-state index contributed by atoms with van der Waals surface area (Å²) in [7, 11) is 3.41. The fourth-order valence-corrected chi connectivity index (χ4v) is 2.98. The highest BCUT2D eigenvalue weighted by atomic mass is 16.5. The van der Waals surface area contributed by atoms with Crippen molar-refractivity contribution in [3.8, 4) is 6.07 Å². The van der Waals surface area contributed by atoms with Crippen LogP contribution in [0.4, 0.5) is 5.82 Å². The first kappa shape index (κ1) is 16.9. The normalized spacial score (nSPS) is 17.8. The quantitative estimate of drug-likeness (QED) is 0.787. The van der Waals surface area contributed by atoms with Gasteiger partial charge in [-0.15, -0.1) is 0 Å². The van der Waals surface area contributed by atoms with E-state index in [1.165, 1.54) is 13.4 Å². The molecule has 1 aliphatic rings. The highest BCUT2D eigenvalue weighted by Crippen LogP contribution is 2.29. The number of anilines is 1. The summed E-state index contributed by atoms with van der Waals surface area (Å²) in [6, 6.07) is 11.5. The molecule has 7 heteroatoms. The van der Waals surface area contributed by atoms with Gasteiger partial charge in [0.05, 0.1) is 24.8 Å². The van der Waals surface area contributed by atoms with Crippen molar-refractivity contribution in [3.63, 3.8) is 0 Å². The number of benzene rings is 1. The molecule has 1 aliphatic heterocycles. The van der Waals surface area contributed by atoms with Crippen LogP contribution < -0.4 is 4.90 Å². The predicted octanol–water partition coefficient (Wildman–Crippen LogP) is 1.63. The largest absolute Gasteiger partial charge is 0.464 e. The molecule has 2 heterocycles. The first-order valence-corrected chi connectivity index (χ1v) is 7.98. The van der Waals surface area contributed by atoms with Crippen molar-refractivity contribution in [1.82, 2.24) is 14.9 Å². The number of hydrogen-bond acceptors (Lipinski definition) is 7. The zero-order valence-corrected chi connectivity index (χ0v) is 14.2. The molecule has 0 aliphatic carbocycles. The Bertz CT molecular complexity index is 800. The van der Waals surface area contributed by atoms with Crippen molar-refractivity contribution in [1.29, 1.82) is 5.26 Å². The lowest BCUT2D eigenvalue weighted by atomic mass is 10.0. The van der Waals surface area contributed by atoms with Gasteiger partial charge in [0.1, 0.15) is 12.1 Å². The van der Waals surface area contributed by atoms with Gasteiger partial charge in [-0.1, -0.05) is 12.1 Å². The zero-order chi connectivity index (χ0) is 17.8. The summed E-state index contributed by atoms with van der Waals surface area (Å²) in [5, 5.41) is 8.99. The summed E-state index contributed by atoms with van der Waals surface area (Å²) >= 11 is 0. The van der Waals surface area contributed by atoms with Crippen molar-refractivity contribution in [2.45, 2.75) is 6.04 Å². The Morgan fingerprint density at radius 2 is 2.04 bits per heavy atom. The SMILES string of the molecule is COC(=O)c1cc(N2CCN(C)CC2c2ccc(C#N)cc2)ncn1. The Labute approximate surface area is 146 Å². The minimum absolute atomic E-state index is 0.0758. The van der Waals surface area contributed by atoms with Crippen molar-refractivity contribution in [2.24, 2.45) is 0 Å². The van der Waals surface area contributed by atoms with E-state index in [0.717, 1.165) is 25.2 Å². The van der Waals surface area contributed by atoms with Crippen LogP contribution in [0.15, 0.2) is 36.7 Å². The maximum atomic E-state index is 11.8.